The predicted octanol–water partition coefficient (Wildman–Crippen LogP) is 3.68. The van der Waals surface area contributed by atoms with E-state index in [1.807, 2.05) is 30.1 Å². The van der Waals surface area contributed by atoms with Crippen molar-refractivity contribution in [2.75, 3.05) is 18.5 Å². The summed E-state index contributed by atoms with van der Waals surface area (Å²) < 4.78 is 5.46. The number of anilines is 1. The number of nitrogens with zero attached hydrogens (tertiary/aromatic N) is 3. The van der Waals surface area contributed by atoms with Gasteiger partial charge in [0, 0.05) is 31.1 Å². The minimum absolute atomic E-state index is 0. The molecule has 148 valence electrons. The highest BCUT2D eigenvalue weighted by atomic mass is 35.5. The zero-order valence-corrected chi connectivity index (χ0v) is 17.3. The molecule has 0 aliphatic carbocycles. The Balaban J connectivity index is 0.00000261. The summed E-state index contributed by atoms with van der Waals surface area (Å²) in [6.45, 7) is 7.03. The van der Waals surface area contributed by atoms with Crippen LogP contribution in [0.2, 0.25) is 0 Å². The predicted molar refractivity (Wildman–Crippen MR) is 109 cm³/mol. The lowest BCUT2D eigenvalue weighted by molar-refractivity contribution is -0.117. The Hall–Kier alpha value is -1.92. The molecule has 0 bridgehead atoms. The number of halogens is 1. The van der Waals surface area contributed by atoms with Crippen LogP contribution in [0, 0.1) is 0 Å². The van der Waals surface area contributed by atoms with Gasteiger partial charge < -0.3 is 14.7 Å². The highest BCUT2D eigenvalue weighted by Crippen LogP contribution is 2.36. The first-order valence-electron chi connectivity index (χ1n) is 9.42. The minimum atomic E-state index is -0.0429. The minimum Gasteiger partial charge on any atom is -0.339 e. The number of amides is 1. The number of likely N-dealkylation sites (N-methyl/N-ethyl adjacent to an activating group) is 1. The number of hydrogen-bond acceptors (Lipinski definition) is 5. The molecule has 1 aliphatic heterocycles. The van der Waals surface area contributed by atoms with Crippen LogP contribution < -0.4 is 10.2 Å². The van der Waals surface area contributed by atoms with Crippen molar-refractivity contribution in [2.24, 2.45) is 0 Å². The van der Waals surface area contributed by atoms with Gasteiger partial charge in [-0.3, -0.25) is 4.79 Å². The van der Waals surface area contributed by atoms with E-state index in [0.29, 0.717) is 37.0 Å². The standard InChI is InChI=1S/C20H28N4O2.ClH/c1-5-13(2)16-8-6-7-9-17(16)24-12-15(11-19(24)25)20-22-18(23-26-20)10-14(3)21-4;/h6-9,13-15,21H,5,10-12H2,1-4H3;1H. The third-order valence-electron chi connectivity index (χ3n) is 5.31. The number of benzene rings is 1. The average molecular weight is 393 g/mol. The van der Waals surface area contributed by atoms with Crippen molar-refractivity contribution in [3.05, 3.63) is 41.5 Å². The first-order chi connectivity index (χ1) is 12.5. The maximum atomic E-state index is 12.7. The van der Waals surface area contributed by atoms with Gasteiger partial charge in [0.25, 0.3) is 0 Å². The van der Waals surface area contributed by atoms with Crippen molar-refractivity contribution in [1.82, 2.24) is 15.5 Å². The van der Waals surface area contributed by atoms with Crippen LogP contribution in [0.1, 0.15) is 62.7 Å². The molecular formula is C20H29ClN4O2. The summed E-state index contributed by atoms with van der Waals surface area (Å²) in [6.07, 6.45) is 2.17. The van der Waals surface area contributed by atoms with Gasteiger partial charge in [0.15, 0.2) is 5.82 Å². The Labute approximate surface area is 167 Å². The molecule has 1 N–H and O–H groups in total. The Morgan fingerprint density at radius 2 is 2.07 bits per heavy atom. The number of carbonyl (C=O) groups is 1. The Kier molecular flexibility index (Phi) is 7.39. The Bertz CT molecular complexity index is 764. The van der Waals surface area contributed by atoms with E-state index in [0.717, 1.165) is 12.1 Å². The van der Waals surface area contributed by atoms with Crippen LogP contribution in [0.15, 0.2) is 28.8 Å². The summed E-state index contributed by atoms with van der Waals surface area (Å²) in [4.78, 5) is 19.1. The molecule has 27 heavy (non-hydrogen) atoms. The van der Waals surface area contributed by atoms with E-state index in [-0.39, 0.29) is 30.3 Å². The van der Waals surface area contributed by atoms with Gasteiger partial charge >= 0.3 is 0 Å². The van der Waals surface area contributed by atoms with Crippen molar-refractivity contribution in [3.8, 4) is 0 Å². The van der Waals surface area contributed by atoms with Crippen molar-refractivity contribution in [1.29, 1.82) is 0 Å². The number of aromatic nitrogens is 2. The maximum absolute atomic E-state index is 12.7. The topological polar surface area (TPSA) is 71.3 Å². The van der Waals surface area contributed by atoms with Crippen LogP contribution in [-0.4, -0.2) is 35.7 Å². The molecule has 2 heterocycles. The number of para-hydroxylation sites is 1. The van der Waals surface area contributed by atoms with Crippen LogP contribution in [0.25, 0.3) is 0 Å². The number of rotatable bonds is 7. The molecule has 0 spiro atoms. The second-order valence-electron chi connectivity index (χ2n) is 7.22. The van der Waals surface area contributed by atoms with Crippen LogP contribution in [0.3, 0.4) is 0 Å². The zero-order chi connectivity index (χ0) is 18.7. The maximum Gasteiger partial charge on any atom is 0.232 e. The number of hydrogen-bond donors (Lipinski definition) is 1. The van der Waals surface area contributed by atoms with Crippen molar-refractivity contribution >= 4 is 24.0 Å². The van der Waals surface area contributed by atoms with Crippen molar-refractivity contribution < 1.29 is 9.32 Å². The van der Waals surface area contributed by atoms with E-state index < -0.39 is 0 Å². The summed E-state index contributed by atoms with van der Waals surface area (Å²) in [5.74, 6) is 1.75. The van der Waals surface area contributed by atoms with Gasteiger partial charge in [0.2, 0.25) is 11.8 Å². The summed E-state index contributed by atoms with van der Waals surface area (Å²) in [5, 5.41) is 7.24. The average Bonchev–Trinajstić information content (AvgIpc) is 3.27. The van der Waals surface area contributed by atoms with Gasteiger partial charge in [0.05, 0.1) is 5.92 Å². The normalized spacial score (nSPS) is 19.0. The summed E-state index contributed by atoms with van der Waals surface area (Å²) in [5.41, 5.74) is 2.23. The van der Waals surface area contributed by atoms with E-state index in [1.165, 1.54) is 5.56 Å². The first kappa shape index (κ1) is 21.4. The lowest BCUT2D eigenvalue weighted by Crippen LogP contribution is -2.26. The van der Waals surface area contributed by atoms with Gasteiger partial charge in [-0.15, -0.1) is 12.4 Å². The largest absolute Gasteiger partial charge is 0.339 e. The molecular weight excluding hydrogens is 364 g/mol. The molecule has 0 saturated carbocycles. The second kappa shape index (κ2) is 9.33. The second-order valence-corrected chi connectivity index (χ2v) is 7.22. The van der Waals surface area contributed by atoms with Crippen LogP contribution in [0.5, 0.6) is 0 Å². The Morgan fingerprint density at radius 3 is 2.78 bits per heavy atom. The van der Waals surface area contributed by atoms with Crippen molar-refractivity contribution in [2.45, 2.75) is 57.9 Å². The third-order valence-corrected chi connectivity index (χ3v) is 5.31. The fourth-order valence-electron chi connectivity index (χ4n) is 3.37. The molecule has 1 aromatic heterocycles. The van der Waals surface area contributed by atoms with Crippen LogP contribution >= 0.6 is 12.4 Å². The number of carbonyl (C=O) groups excluding carboxylic acids is 1. The zero-order valence-electron chi connectivity index (χ0n) is 16.4. The highest BCUT2D eigenvalue weighted by Gasteiger charge is 2.36. The van der Waals surface area contributed by atoms with E-state index in [1.54, 1.807) is 0 Å². The molecule has 0 radical (unpaired) electrons. The van der Waals surface area contributed by atoms with Gasteiger partial charge in [-0.1, -0.05) is 37.2 Å². The Morgan fingerprint density at radius 1 is 1.33 bits per heavy atom. The fourth-order valence-corrected chi connectivity index (χ4v) is 3.37. The molecule has 1 amide bonds. The van der Waals surface area contributed by atoms with Crippen LogP contribution in [0.4, 0.5) is 5.69 Å². The van der Waals surface area contributed by atoms with E-state index >= 15 is 0 Å². The van der Waals surface area contributed by atoms with Gasteiger partial charge in [-0.05, 0) is 37.9 Å². The van der Waals surface area contributed by atoms with Gasteiger partial charge in [0.1, 0.15) is 0 Å². The lowest BCUT2D eigenvalue weighted by Gasteiger charge is -2.22. The van der Waals surface area contributed by atoms with Gasteiger partial charge in [-0.25, -0.2) is 0 Å². The molecule has 2 aromatic rings. The summed E-state index contributed by atoms with van der Waals surface area (Å²) in [7, 11) is 1.91. The molecule has 1 saturated heterocycles. The lowest BCUT2D eigenvalue weighted by atomic mass is 9.96. The molecule has 1 aromatic carbocycles. The monoisotopic (exact) mass is 392 g/mol. The van der Waals surface area contributed by atoms with Crippen LogP contribution in [-0.2, 0) is 11.2 Å². The fraction of sp³-hybridized carbons (Fsp3) is 0.550. The van der Waals surface area contributed by atoms with E-state index in [2.05, 4.69) is 42.3 Å². The third kappa shape index (κ3) is 4.68. The molecule has 7 heteroatoms. The summed E-state index contributed by atoms with van der Waals surface area (Å²) in [6, 6.07) is 8.47. The quantitative estimate of drug-likeness (QED) is 0.778. The highest BCUT2D eigenvalue weighted by molar-refractivity contribution is 5.97. The molecule has 3 rings (SSSR count). The molecule has 1 fully saturated rings. The molecule has 3 unspecified atom stereocenters. The molecule has 6 nitrogen and oxygen atoms in total. The molecule has 1 aliphatic rings. The smallest absolute Gasteiger partial charge is 0.232 e. The first-order valence-corrected chi connectivity index (χ1v) is 9.42. The van der Waals surface area contributed by atoms with E-state index in [4.69, 9.17) is 4.52 Å². The van der Waals surface area contributed by atoms with E-state index in [9.17, 15) is 4.79 Å². The SMILES string of the molecule is CCC(C)c1ccccc1N1CC(c2nc(CC(C)NC)no2)CC1=O.Cl. The van der Waals surface area contributed by atoms with Crippen molar-refractivity contribution in [3.63, 3.8) is 0 Å². The number of nitrogens with one attached hydrogen (secondary N) is 1. The molecule has 3 atom stereocenters. The summed E-state index contributed by atoms with van der Waals surface area (Å²) >= 11 is 0. The van der Waals surface area contributed by atoms with Gasteiger partial charge in [-0.2, -0.15) is 4.98 Å².